The van der Waals surface area contributed by atoms with E-state index in [1.54, 1.807) is 6.07 Å². The molecule has 0 bridgehead atoms. The Balaban J connectivity index is 1.78. The first-order valence-corrected chi connectivity index (χ1v) is 7.65. The molecule has 0 radical (unpaired) electrons. The summed E-state index contributed by atoms with van der Waals surface area (Å²) in [6.07, 6.45) is 1.85. The number of rotatable bonds is 4. The van der Waals surface area contributed by atoms with Gasteiger partial charge in [0.2, 0.25) is 5.91 Å². The molecular weight excluding hydrogens is 329 g/mol. The molecule has 1 fully saturated rings. The number of carbonyl (C=O) groups excluding carboxylic acids is 2. The number of amides is 2. The predicted molar refractivity (Wildman–Crippen MR) is 88.3 cm³/mol. The number of nitrogens with zero attached hydrogens (tertiary/aromatic N) is 2. The van der Waals surface area contributed by atoms with Crippen LogP contribution in [0.4, 0.5) is 14.9 Å². The van der Waals surface area contributed by atoms with Gasteiger partial charge in [0.1, 0.15) is 11.9 Å². The average Bonchev–Trinajstić information content (AvgIpc) is 2.95. The van der Waals surface area contributed by atoms with Crippen LogP contribution in [-0.4, -0.2) is 35.8 Å². The number of carbonyl (C=O) groups is 2. The summed E-state index contributed by atoms with van der Waals surface area (Å²) in [5.41, 5.74) is 0.446. The lowest BCUT2D eigenvalue weighted by Gasteiger charge is -2.15. The molecule has 2 heterocycles. The van der Waals surface area contributed by atoms with Crippen LogP contribution in [-0.2, 0) is 9.53 Å². The SMILES string of the molecule is CC(=O)NC[C@H]1CN(c2ccc(-n3ccc(=O)cc3)c(F)c2)C(=O)O1. The molecule has 0 aliphatic carbocycles. The van der Waals surface area contributed by atoms with E-state index in [0.717, 1.165) is 0 Å². The van der Waals surface area contributed by atoms with Crippen LogP contribution < -0.4 is 15.6 Å². The van der Waals surface area contributed by atoms with Gasteiger partial charge >= 0.3 is 6.09 Å². The highest BCUT2D eigenvalue weighted by molar-refractivity contribution is 5.90. The molecule has 1 N–H and O–H groups in total. The Morgan fingerprint density at radius 1 is 1.28 bits per heavy atom. The number of benzene rings is 1. The van der Waals surface area contributed by atoms with Crippen molar-refractivity contribution in [1.29, 1.82) is 0 Å². The Bertz CT molecular complexity index is 860. The highest BCUT2D eigenvalue weighted by atomic mass is 19.1. The van der Waals surface area contributed by atoms with Crippen molar-refractivity contribution >= 4 is 17.7 Å². The molecule has 25 heavy (non-hydrogen) atoms. The summed E-state index contributed by atoms with van der Waals surface area (Å²) >= 11 is 0. The maximum absolute atomic E-state index is 14.4. The fourth-order valence-electron chi connectivity index (χ4n) is 2.54. The third-order valence-corrected chi connectivity index (χ3v) is 3.77. The number of halogens is 1. The molecule has 0 saturated carbocycles. The molecule has 1 saturated heterocycles. The zero-order chi connectivity index (χ0) is 18.0. The van der Waals surface area contributed by atoms with E-state index in [-0.39, 0.29) is 30.1 Å². The van der Waals surface area contributed by atoms with Crippen LogP contribution in [0.1, 0.15) is 6.92 Å². The summed E-state index contributed by atoms with van der Waals surface area (Å²) in [4.78, 5) is 35.3. The third kappa shape index (κ3) is 3.68. The molecule has 2 aromatic rings. The summed E-state index contributed by atoms with van der Waals surface area (Å²) in [5, 5.41) is 2.58. The van der Waals surface area contributed by atoms with Gasteiger partial charge in [-0.15, -0.1) is 0 Å². The van der Waals surface area contributed by atoms with E-state index < -0.39 is 18.0 Å². The van der Waals surface area contributed by atoms with Gasteiger partial charge in [-0.2, -0.15) is 0 Å². The van der Waals surface area contributed by atoms with Crippen molar-refractivity contribution in [2.45, 2.75) is 13.0 Å². The van der Waals surface area contributed by atoms with Crippen molar-refractivity contribution < 1.29 is 18.7 Å². The van der Waals surface area contributed by atoms with Crippen LogP contribution in [0.5, 0.6) is 0 Å². The number of hydrogen-bond donors (Lipinski definition) is 1. The maximum Gasteiger partial charge on any atom is 0.414 e. The van der Waals surface area contributed by atoms with Crippen molar-refractivity contribution in [2.75, 3.05) is 18.0 Å². The minimum Gasteiger partial charge on any atom is -0.442 e. The third-order valence-electron chi connectivity index (χ3n) is 3.77. The van der Waals surface area contributed by atoms with Gasteiger partial charge in [0.25, 0.3) is 0 Å². The van der Waals surface area contributed by atoms with Crippen molar-refractivity contribution in [3.8, 4) is 5.69 Å². The Labute approximate surface area is 142 Å². The van der Waals surface area contributed by atoms with Gasteiger partial charge in [-0.3, -0.25) is 14.5 Å². The van der Waals surface area contributed by atoms with Crippen molar-refractivity contribution in [1.82, 2.24) is 9.88 Å². The topological polar surface area (TPSA) is 80.6 Å². The summed E-state index contributed by atoms with van der Waals surface area (Å²) in [7, 11) is 0. The second-order valence-corrected chi connectivity index (χ2v) is 5.63. The zero-order valence-corrected chi connectivity index (χ0v) is 13.4. The molecule has 2 amide bonds. The molecule has 0 unspecified atom stereocenters. The Kier molecular flexibility index (Phi) is 4.51. The summed E-state index contributed by atoms with van der Waals surface area (Å²) in [5.74, 6) is -0.759. The van der Waals surface area contributed by atoms with E-state index in [1.165, 1.54) is 53.0 Å². The molecule has 1 aliphatic heterocycles. The number of ether oxygens (including phenoxy) is 1. The lowest BCUT2D eigenvalue weighted by Crippen LogP contribution is -2.33. The van der Waals surface area contributed by atoms with Crippen molar-refractivity contribution in [3.05, 3.63) is 58.8 Å². The van der Waals surface area contributed by atoms with Crippen molar-refractivity contribution in [3.63, 3.8) is 0 Å². The normalized spacial score (nSPS) is 16.6. The van der Waals surface area contributed by atoms with Gasteiger partial charge in [-0.1, -0.05) is 0 Å². The van der Waals surface area contributed by atoms with Gasteiger partial charge in [0.15, 0.2) is 5.43 Å². The van der Waals surface area contributed by atoms with Crippen LogP contribution in [0.15, 0.2) is 47.5 Å². The molecule has 0 spiro atoms. The number of nitrogens with one attached hydrogen (secondary N) is 1. The van der Waals surface area contributed by atoms with Crippen LogP contribution >= 0.6 is 0 Å². The number of anilines is 1. The number of pyridine rings is 1. The van der Waals surface area contributed by atoms with E-state index in [0.29, 0.717) is 5.69 Å². The van der Waals surface area contributed by atoms with Gasteiger partial charge in [0, 0.05) is 31.5 Å². The van der Waals surface area contributed by atoms with Gasteiger partial charge < -0.3 is 14.6 Å². The van der Waals surface area contributed by atoms with Crippen LogP contribution in [0, 0.1) is 5.82 Å². The number of aromatic nitrogens is 1. The molecular formula is C17H16FN3O4. The largest absolute Gasteiger partial charge is 0.442 e. The molecule has 130 valence electrons. The quantitative estimate of drug-likeness (QED) is 0.909. The second kappa shape index (κ2) is 6.76. The Morgan fingerprint density at radius 2 is 2.00 bits per heavy atom. The number of hydrogen-bond acceptors (Lipinski definition) is 4. The Hall–Kier alpha value is -3.16. The molecule has 7 nitrogen and oxygen atoms in total. The van der Waals surface area contributed by atoms with E-state index in [9.17, 15) is 18.8 Å². The van der Waals surface area contributed by atoms with Crippen LogP contribution in [0.25, 0.3) is 5.69 Å². The standard InChI is InChI=1S/C17H16FN3O4/c1-11(22)19-9-14-10-21(17(24)25-14)12-2-3-16(15(18)8-12)20-6-4-13(23)5-7-20/h2-8,14H,9-10H2,1H3,(H,19,22)/t14-/m0/s1. The van der Waals surface area contributed by atoms with E-state index in [2.05, 4.69) is 5.32 Å². The van der Waals surface area contributed by atoms with Crippen LogP contribution in [0.2, 0.25) is 0 Å². The first kappa shape index (κ1) is 16.7. The molecule has 3 rings (SSSR count). The lowest BCUT2D eigenvalue weighted by molar-refractivity contribution is -0.119. The van der Waals surface area contributed by atoms with E-state index >= 15 is 0 Å². The minimum atomic E-state index is -0.592. The van der Waals surface area contributed by atoms with E-state index in [1.807, 2.05) is 0 Å². The summed E-state index contributed by atoms with van der Waals surface area (Å²) in [6.45, 7) is 1.80. The predicted octanol–water partition coefficient (Wildman–Crippen LogP) is 1.44. The second-order valence-electron chi connectivity index (χ2n) is 5.63. The highest BCUT2D eigenvalue weighted by Gasteiger charge is 2.32. The molecule has 1 aromatic carbocycles. The van der Waals surface area contributed by atoms with Gasteiger partial charge in [0.05, 0.1) is 24.5 Å². The fourth-order valence-corrected chi connectivity index (χ4v) is 2.54. The smallest absolute Gasteiger partial charge is 0.414 e. The zero-order valence-electron chi connectivity index (χ0n) is 13.4. The summed E-state index contributed by atoms with van der Waals surface area (Å²) in [6, 6.07) is 7.01. The average molecular weight is 345 g/mol. The van der Waals surface area contributed by atoms with Gasteiger partial charge in [-0.25, -0.2) is 9.18 Å². The fraction of sp³-hybridized carbons (Fsp3) is 0.235. The highest BCUT2D eigenvalue weighted by Crippen LogP contribution is 2.25. The number of cyclic esters (lactones) is 1. The monoisotopic (exact) mass is 345 g/mol. The molecule has 8 heteroatoms. The summed E-state index contributed by atoms with van der Waals surface area (Å²) < 4.78 is 21.1. The van der Waals surface area contributed by atoms with Crippen molar-refractivity contribution in [2.24, 2.45) is 0 Å². The Morgan fingerprint density at radius 3 is 2.64 bits per heavy atom. The molecule has 1 atom stereocenters. The maximum atomic E-state index is 14.4. The first-order chi connectivity index (χ1) is 11.9. The lowest BCUT2D eigenvalue weighted by atomic mass is 10.2. The molecule has 1 aliphatic rings. The first-order valence-electron chi connectivity index (χ1n) is 7.65. The van der Waals surface area contributed by atoms with Crippen LogP contribution in [0.3, 0.4) is 0 Å². The molecule has 1 aromatic heterocycles. The van der Waals surface area contributed by atoms with Gasteiger partial charge in [-0.05, 0) is 18.2 Å². The van der Waals surface area contributed by atoms with E-state index in [4.69, 9.17) is 4.74 Å². The minimum absolute atomic E-state index is 0.168.